The highest BCUT2D eigenvalue weighted by molar-refractivity contribution is 7.09. The number of nitrogens with zero attached hydrogens (tertiary/aromatic N) is 2. The largest absolute Gasteiger partial charge is 0.477 e. The summed E-state index contributed by atoms with van der Waals surface area (Å²) >= 11 is 1.52. The maximum Gasteiger partial charge on any atom is 0.352 e. The predicted molar refractivity (Wildman–Crippen MR) is 57.3 cm³/mol. The lowest BCUT2D eigenvalue weighted by atomic mass is 10.3. The van der Waals surface area contributed by atoms with E-state index in [1.807, 2.05) is 12.3 Å². The number of thiazole rings is 1. The summed E-state index contributed by atoms with van der Waals surface area (Å²) in [5.74, 6) is -0.914. The summed E-state index contributed by atoms with van der Waals surface area (Å²) in [6.45, 7) is 1.94. The van der Waals surface area contributed by atoms with Gasteiger partial charge in [-0.3, -0.25) is 0 Å². The Kier molecular flexibility index (Phi) is 2.55. The van der Waals surface area contributed by atoms with Crippen molar-refractivity contribution in [2.24, 2.45) is 0 Å². The SMILES string of the molecule is CC(c1nccs1)n1cccc1C(=O)O. The molecule has 0 bridgehead atoms. The molecule has 0 fully saturated rings. The van der Waals surface area contributed by atoms with Crippen LogP contribution in [-0.4, -0.2) is 20.6 Å². The van der Waals surface area contributed by atoms with Gasteiger partial charge < -0.3 is 9.67 Å². The Balaban J connectivity index is 2.37. The van der Waals surface area contributed by atoms with E-state index in [0.717, 1.165) is 5.01 Å². The fourth-order valence-electron chi connectivity index (χ4n) is 1.47. The quantitative estimate of drug-likeness (QED) is 0.866. The van der Waals surface area contributed by atoms with Crippen molar-refractivity contribution >= 4 is 17.3 Å². The Morgan fingerprint density at radius 3 is 3.07 bits per heavy atom. The second-order valence-electron chi connectivity index (χ2n) is 3.15. The second-order valence-corrected chi connectivity index (χ2v) is 4.08. The molecule has 2 rings (SSSR count). The number of carboxylic acid groups (broad SMARTS) is 1. The van der Waals surface area contributed by atoms with Gasteiger partial charge in [-0.25, -0.2) is 9.78 Å². The molecule has 5 heteroatoms. The molecule has 0 aromatic carbocycles. The molecule has 0 spiro atoms. The fourth-order valence-corrected chi connectivity index (χ4v) is 2.17. The molecular formula is C10H10N2O2S. The maximum absolute atomic E-state index is 10.9. The van der Waals surface area contributed by atoms with Gasteiger partial charge >= 0.3 is 5.97 Å². The standard InChI is InChI=1S/C10H10N2O2S/c1-7(9-11-4-6-15-9)12-5-2-3-8(12)10(13)14/h2-7H,1H3,(H,13,14). The molecule has 0 aliphatic heterocycles. The highest BCUT2D eigenvalue weighted by atomic mass is 32.1. The van der Waals surface area contributed by atoms with E-state index in [1.165, 1.54) is 11.3 Å². The summed E-state index contributed by atoms with van der Waals surface area (Å²) in [6.07, 6.45) is 3.48. The molecule has 0 radical (unpaired) electrons. The van der Waals surface area contributed by atoms with Crippen LogP contribution in [0.1, 0.15) is 28.5 Å². The van der Waals surface area contributed by atoms with E-state index < -0.39 is 5.97 Å². The molecule has 1 unspecified atom stereocenters. The van der Waals surface area contributed by atoms with Crippen LogP contribution in [0.4, 0.5) is 0 Å². The van der Waals surface area contributed by atoms with Gasteiger partial charge in [-0.2, -0.15) is 0 Å². The lowest BCUT2D eigenvalue weighted by molar-refractivity contribution is 0.0684. The van der Waals surface area contributed by atoms with Crippen molar-refractivity contribution in [3.63, 3.8) is 0 Å². The van der Waals surface area contributed by atoms with Crippen LogP contribution in [0.5, 0.6) is 0 Å². The predicted octanol–water partition coefficient (Wildman–Crippen LogP) is 2.25. The van der Waals surface area contributed by atoms with Gasteiger partial charge in [0.15, 0.2) is 0 Å². The van der Waals surface area contributed by atoms with E-state index in [1.54, 1.807) is 29.1 Å². The lowest BCUT2D eigenvalue weighted by Crippen LogP contribution is -2.12. The average molecular weight is 222 g/mol. The summed E-state index contributed by atoms with van der Waals surface area (Å²) in [4.78, 5) is 15.1. The Morgan fingerprint density at radius 2 is 2.47 bits per heavy atom. The first kappa shape index (κ1) is 9.92. The number of rotatable bonds is 3. The van der Waals surface area contributed by atoms with Gasteiger partial charge in [-0.1, -0.05) is 0 Å². The fraction of sp³-hybridized carbons (Fsp3) is 0.200. The summed E-state index contributed by atoms with van der Waals surface area (Å²) in [6, 6.07) is 3.28. The molecule has 2 aromatic heterocycles. The van der Waals surface area contributed by atoms with Crippen LogP contribution in [0.25, 0.3) is 0 Å². The molecule has 0 saturated heterocycles. The van der Waals surface area contributed by atoms with Gasteiger partial charge in [-0.15, -0.1) is 11.3 Å². The van der Waals surface area contributed by atoms with E-state index in [-0.39, 0.29) is 11.7 Å². The molecular weight excluding hydrogens is 212 g/mol. The van der Waals surface area contributed by atoms with Gasteiger partial charge in [0.2, 0.25) is 0 Å². The normalized spacial score (nSPS) is 12.6. The van der Waals surface area contributed by atoms with Crippen LogP contribution in [-0.2, 0) is 0 Å². The third kappa shape index (κ3) is 1.78. The summed E-state index contributed by atoms with van der Waals surface area (Å²) in [5.41, 5.74) is 0.290. The van der Waals surface area contributed by atoms with Gasteiger partial charge in [0.05, 0.1) is 6.04 Å². The third-order valence-corrected chi connectivity index (χ3v) is 3.17. The molecule has 4 nitrogen and oxygen atoms in total. The zero-order chi connectivity index (χ0) is 10.8. The van der Waals surface area contributed by atoms with Crippen molar-refractivity contribution in [3.8, 4) is 0 Å². The van der Waals surface area contributed by atoms with E-state index in [9.17, 15) is 4.79 Å². The molecule has 0 aliphatic rings. The van der Waals surface area contributed by atoms with Gasteiger partial charge in [0.1, 0.15) is 10.7 Å². The van der Waals surface area contributed by atoms with Gasteiger partial charge in [-0.05, 0) is 19.1 Å². The Hall–Kier alpha value is -1.62. The zero-order valence-electron chi connectivity index (χ0n) is 8.12. The Bertz CT molecular complexity index is 461. The molecule has 2 aromatic rings. The molecule has 78 valence electrons. The number of carbonyl (C=O) groups is 1. The van der Waals surface area contributed by atoms with E-state index in [2.05, 4.69) is 4.98 Å². The van der Waals surface area contributed by atoms with Crippen molar-refractivity contribution < 1.29 is 9.90 Å². The number of hydrogen-bond donors (Lipinski definition) is 1. The van der Waals surface area contributed by atoms with Gasteiger partial charge in [0.25, 0.3) is 0 Å². The smallest absolute Gasteiger partial charge is 0.352 e. The van der Waals surface area contributed by atoms with Crippen molar-refractivity contribution in [1.82, 2.24) is 9.55 Å². The van der Waals surface area contributed by atoms with Crippen molar-refractivity contribution in [2.45, 2.75) is 13.0 Å². The average Bonchev–Trinajstić information content (AvgIpc) is 2.88. The minimum absolute atomic E-state index is 0.0360. The molecule has 2 heterocycles. The topological polar surface area (TPSA) is 55.1 Å². The number of aromatic carboxylic acids is 1. The highest BCUT2D eigenvalue weighted by Gasteiger charge is 2.16. The molecule has 0 aliphatic carbocycles. The summed E-state index contributed by atoms with van der Waals surface area (Å²) in [5, 5.41) is 11.8. The number of aromatic nitrogens is 2. The van der Waals surface area contributed by atoms with Crippen LogP contribution in [0, 0.1) is 0 Å². The molecule has 0 saturated carbocycles. The van der Waals surface area contributed by atoms with E-state index >= 15 is 0 Å². The minimum atomic E-state index is -0.914. The minimum Gasteiger partial charge on any atom is -0.477 e. The zero-order valence-corrected chi connectivity index (χ0v) is 8.94. The van der Waals surface area contributed by atoms with Crippen LogP contribution >= 0.6 is 11.3 Å². The maximum atomic E-state index is 10.9. The second kappa shape index (κ2) is 3.86. The first-order valence-electron chi connectivity index (χ1n) is 4.49. The van der Waals surface area contributed by atoms with Gasteiger partial charge in [0, 0.05) is 17.8 Å². The van der Waals surface area contributed by atoms with Crippen LogP contribution < -0.4 is 0 Å². The number of carboxylic acids is 1. The van der Waals surface area contributed by atoms with E-state index in [4.69, 9.17) is 5.11 Å². The Labute approximate surface area is 90.8 Å². The monoisotopic (exact) mass is 222 g/mol. The molecule has 0 amide bonds. The first-order chi connectivity index (χ1) is 7.20. The summed E-state index contributed by atoms with van der Waals surface area (Å²) < 4.78 is 1.71. The van der Waals surface area contributed by atoms with E-state index in [0.29, 0.717) is 0 Å². The van der Waals surface area contributed by atoms with Crippen LogP contribution in [0.2, 0.25) is 0 Å². The summed E-state index contributed by atoms with van der Waals surface area (Å²) in [7, 11) is 0. The van der Waals surface area contributed by atoms with Crippen molar-refractivity contribution in [3.05, 3.63) is 40.6 Å². The molecule has 1 N–H and O–H groups in total. The highest BCUT2D eigenvalue weighted by Crippen LogP contribution is 2.21. The Morgan fingerprint density at radius 1 is 1.67 bits per heavy atom. The lowest BCUT2D eigenvalue weighted by Gasteiger charge is -2.12. The van der Waals surface area contributed by atoms with Crippen molar-refractivity contribution in [1.29, 1.82) is 0 Å². The van der Waals surface area contributed by atoms with Crippen molar-refractivity contribution in [2.75, 3.05) is 0 Å². The first-order valence-corrected chi connectivity index (χ1v) is 5.37. The van der Waals surface area contributed by atoms with Crippen LogP contribution in [0.3, 0.4) is 0 Å². The van der Waals surface area contributed by atoms with Crippen LogP contribution in [0.15, 0.2) is 29.9 Å². The molecule has 1 atom stereocenters. The third-order valence-electron chi connectivity index (χ3n) is 2.22. The molecule has 15 heavy (non-hydrogen) atoms. The number of hydrogen-bond acceptors (Lipinski definition) is 3.